The van der Waals surface area contributed by atoms with E-state index in [9.17, 15) is 9.59 Å². The van der Waals surface area contributed by atoms with Gasteiger partial charge >= 0.3 is 0 Å². The summed E-state index contributed by atoms with van der Waals surface area (Å²) in [5, 5.41) is 1.17. The summed E-state index contributed by atoms with van der Waals surface area (Å²) in [5.74, 6) is 0.284. The Hall–Kier alpha value is -2.38. The fraction of sp³-hybridized carbons (Fsp3) is 0.458. The normalized spacial score (nSPS) is 11.5. The summed E-state index contributed by atoms with van der Waals surface area (Å²) in [6, 6.07) is 9.60. The summed E-state index contributed by atoms with van der Waals surface area (Å²) >= 11 is 1.33. The number of rotatable bonds is 10. The summed E-state index contributed by atoms with van der Waals surface area (Å²) in [6.07, 6.45) is 0.713. The second-order valence-corrected chi connectivity index (χ2v) is 8.82. The van der Waals surface area contributed by atoms with E-state index in [4.69, 9.17) is 9.72 Å². The molecule has 7 heteroatoms. The predicted molar refractivity (Wildman–Crippen MR) is 126 cm³/mol. The number of carbonyl (C=O) groups is 1. The van der Waals surface area contributed by atoms with Crippen molar-refractivity contribution in [2.75, 3.05) is 19.0 Å². The molecule has 0 aliphatic carbocycles. The topological polar surface area (TPSA) is 66.1 Å². The molecule has 3 rings (SSSR count). The minimum absolute atomic E-state index is 0.0493. The highest BCUT2D eigenvalue weighted by Gasteiger charge is 2.19. The quantitative estimate of drug-likeness (QED) is 0.196. The molecular weight excluding hydrogens is 410 g/mol. The van der Waals surface area contributed by atoms with E-state index >= 15 is 0 Å². The second kappa shape index (κ2) is 10.3. The van der Waals surface area contributed by atoms with E-state index < -0.39 is 0 Å². The van der Waals surface area contributed by atoms with Crippen molar-refractivity contribution in [1.82, 2.24) is 14.1 Å². The first-order valence-corrected chi connectivity index (χ1v) is 11.8. The van der Waals surface area contributed by atoms with Crippen molar-refractivity contribution in [3.63, 3.8) is 0 Å². The average molecular weight is 442 g/mol. The van der Waals surface area contributed by atoms with Crippen LogP contribution in [0.5, 0.6) is 0 Å². The highest BCUT2D eigenvalue weighted by molar-refractivity contribution is 7.99. The zero-order chi connectivity index (χ0) is 22.5. The van der Waals surface area contributed by atoms with E-state index in [1.165, 1.54) is 11.8 Å². The Labute approximate surface area is 187 Å². The molecule has 31 heavy (non-hydrogen) atoms. The standard InChI is InChI=1S/C24H31N3O3S/c1-6-30-13-9-12-26-23(29)19-10-7-8-11-21(19)25-24(26)31-15-22(28)20-14-17(4)27(16(2)3)18(20)5/h7-8,10-11,14,16H,6,9,12-13,15H2,1-5H3. The van der Waals surface area contributed by atoms with Crippen LogP contribution in [0.1, 0.15) is 55.0 Å². The van der Waals surface area contributed by atoms with Crippen molar-refractivity contribution in [2.45, 2.75) is 58.8 Å². The first-order valence-electron chi connectivity index (χ1n) is 10.8. The first-order chi connectivity index (χ1) is 14.8. The van der Waals surface area contributed by atoms with Gasteiger partial charge in [0.25, 0.3) is 5.56 Å². The number of para-hydroxylation sites is 1. The summed E-state index contributed by atoms with van der Waals surface area (Å²) in [4.78, 5) is 30.8. The largest absolute Gasteiger partial charge is 0.382 e. The van der Waals surface area contributed by atoms with Crippen molar-refractivity contribution in [3.05, 3.63) is 57.6 Å². The van der Waals surface area contributed by atoms with E-state index in [0.717, 1.165) is 17.0 Å². The minimum Gasteiger partial charge on any atom is -0.382 e. The van der Waals surface area contributed by atoms with Gasteiger partial charge in [0.05, 0.1) is 16.7 Å². The second-order valence-electron chi connectivity index (χ2n) is 7.88. The van der Waals surface area contributed by atoms with Gasteiger partial charge in [-0.3, -0.25) is 14.2 Å². The third-order valence-corrected chi connectivity index (χ3v) is 6.31. The number of aromatic nitrogens is 3. The van der Waals surface area contributed by atoms with E-state index in [1.54, 1.807) is 10.6 Å². The third kappa shape index (κ3) is 5.10. The third-order valence-electron chi connectivity index (χ3n) is 5.33. The number of carbonyl (C=O) groups excluding carboxylic acids is 1. The molecule has 2 heterocycles. The highest BCUT2D eigenvalue weighted by atomic mass is 32.2. The Morgan fingerprint density at radius 1 is 1.23 bits per heavy atom. The maximum Gasteiger partial charge on any atom is 0.262 e. The van der Waals surface area contributed by atoms with Crippen molar-refractivity contribution in [1.29, 1.82) is 0 Å². The lowest BCUT2D eigenvalue weighted by molar-refractivity contribution is 0.102. The van der Waals surface area contributed by atoms with Crippen LogP contribution in [0.15, 0.2) is 40.3 Å². The molecule has 6 nitrogen and oxygen atoms in total. The summed E-state index contributed by atoms with van der Waals surface area (Å²) < 4.78 is 9.28. The number of ketones is 1. The number of fused-ring (bicyclic) bond motifs is 1. The molecule has 0 fully saturated rings. The number of benzene rings is 1. The molecule has 0 radical (unpaired) electrons. The van der Waals surface area contributed by atoms with E-state index in [1.807, 2.05) is 45.0 Å². The SMILES string of the molecule is CCOCCCn1c(SCC(=O)c2cc(C)n(C(C)C)c2C)nc2ccccc2c1=O. The Bertz CT molecular complexity index is 1130. The van der Waals surface area contributed by atoms with Crippen molar-refractivity contribution in [3.8, 4) is 0 Å². The number of hydrogen-bond donors (Lipinski definition) is 0. The summed E-state index contributed by atoms with van der Waals surface area (Å²) in [7, 11) is 0. The molecular formula is C24H31N3O3S. The lowest BCUT2D eigenvalue weighted by Crippen LogP contribution is -2.24. The molecule has 2 aromatic heterocycles. The molecule has 0 aliphatic heterocycles. The van der Waals surface area contributed by atoms with E-state index in [-0.39, 0.29) is 17.1 Å². The van der Waals surface area contributed by atoms with Crippen LogP contribution in [0.25, 0.3) is 10.9 Å². The van der Waals surface area contributed by atoms with Gasteiger partial charge in [0.1, 0.15) is 0 Å². The number of ether oxygens (including phenoxy) is 1. The number of thioether (sulfide) groups is 1. The molecule has 0 amide bonds. The number of Topliss-reactive ketones (excluding diaryl/α,β-unsaturated/α-hetero) is 1. The molecule has 0 unspecified atom stereocenters. The van der Waals surface area contributed by atoms with Crippen LogP contribution in [0, 0.1) is 13.8 Å². The summed E-state index contributed by atoms with van der Waals surface area (Å²) in [6.45, 7) is 11.9. The summed E-state index contributed by atoms with van der Waals surface area (Å²) in [5.41, 5.74) is 3.39. The maximum atomic E-state index is 13.1. The molecule has 0 atom stereocenters. The molecule has 0 spiro atoms. The molecule has 0 N–H and O–H groups in total. The van der Waals surface area contributed by atoms with Crippen LogP contribution in [0.2, 0.25) is 0 Å². The van der Waals surface area contributed by atoms with Crippen LogP contribution >= 0.6 is 11.8 Å². The van der Waals surface area contributed by atoms with Crippen LogP contribution in [0.3, 0.4) is 0 Å². The van der Waals surface area contributed by atoms with Gasteiger partial charge in [-0.05, 0) is 59.2 Å². The van der Waals surface area contributed by atoms with Gasteiger partial charge in [-0.1, -0.05) is 23.9 Å². The Kier molecular flexibility index (Phi) is 7.73. The van der Waals surface area contributed by atoms with Crippen LogP contribution < -0.4 is 5.56 Å². The number of nitrogens with zero attached hydrogens (tertiary/aromatic N) is 3. The van der Waals surface area contributed by atoms with Crippen LogP contribution in [-0.4, -0.2) is 38.9 Å². The predicted octanol–water partition coefficient (Wildman–Crippen LogP) is 4.80. The Morgan fingerprint density at radius 3 is 2.65 bits per heavy atom. The van der Waals surface area contributed by atoms with E-state index in [2.05, 4.69) is 18.4 Å². The first kappa shape index (κ1) is 23.3. The van der Waals surface area contributed by atoms with Crippen LogP contribution in [-0.2, 0) is 11.3 Å². The molecule has 3 aromatic rings. The van der Waals surface area contributed by atoms with E-state index in [0.29, 0.717) is 48.3 Å². The molecule has 0 bridgehead atoms. The minimum atomic E-state index is -0.0740. The fourth-order valence-electron chi connectivity index (χ4n) is 3.99. The van der Waals surface area contributed by atoms with Crippen molar-refractivity contribution >= 4 is 28.4 Å². The molecule has 0 saturated carbocycles. The average Bonchev–Trinajstić information content (AvgIpc) is 3.05. The smallest absolute Gasteiger partial charge is 0.262 e. The van der Waals surface area contributed by atoms with Gasteiger partial charge in [0.15, 0.2) is 10.9 Å². The Balaban J connectivity index is 1.87. The lowest BCUT2D eigenvalue weighted by Gasteiger charge is -2.14. The number of aryl methyl sites for hydroxylation is 1. The highest BCUT2D eigenvalue weighted by Crippen LogP contribution is 2.24. The molecule has 0 aliphatic rings. The van der Waals surface area contributed by atoms with Gasteiger partial charge in [-0.2, -0.15) is 0 Å². The van der Waals surface area contributed by atoms with Crippen molar-refractivity contribution in [2.24, 2.45) is 0 Å². The van der Waals surface area contributed by atoms with Crippen LogP contribution in [0.4, 0.5) is 0 Å². The van der Waals surface area contributed by atoms with Gasteiger partial charge in [0.2, 0.25) is 0 Å². The number of hydrogen-bond acceptors (Lipinski definition) is 5. The monoisotopic (exact) mass is 441 g/mol. The maximum absolute atomic E-state index is 13.1. The lowest BCUT2D eigenvalue weighted by atomic mass is 10.2. The molecule has 1 aromatic carbocycles. The zero-order valence-corrected chi connectivity index (χ0v) is 19.8. The molecule has 166 valence electrons. The van der Waals surface area contributed by atoms with Gasteiger partial charge in [-0.25, -0.2) is 4.98 Å². The fourth-order valence-corrected chi connectivity index (χ4v) is 4.89. The van der Waals surface area contributed by atoms with Crippen molar-refractivity contribution < 1.29 is 9.53 Å². The zero-order valence-electron chi connectivity index (χ0n) is 19.0. The molecule has 0 saturated heterocycles. The van der Waals surface area contributed by atoms with Gasteiger partial charge in [-0.15, -0.1) is 0 Å². The van der Waals surface area contributed by atoms with Gasteiger partial charge < -0.3 is 9.30 Å². The Morgan fingerprint density at radius 2 is 1.97 bits per heavy atom. The van der Waals surface area contributed by atoms with Gasteiger partial charge in [0, 0.05) is 42.8 Å².